The Balaban J connectivity index is 3.06. The zero-order valence-corrected chi connectivity index (χ0v) is 11.0. The van der Waals surface area contributed by atoms with Gasteiger partial charge in [0.25, 0.3) is 0 Å². The number of carboxylic acid groups (broad SMARTS) is 1. The first-order valence-electron chi connectivity index (χ1n) is 5.18. The molecule has 0 saturated heterocycles. The van der Waals surface area contributed by atoms with Crippen molar-refractivity contribution in [2.45, 2.75) is 13.0 Å². The third-order valence-corrected chi connectivity index (χ3v) is 3.42. The molecule has 1 heterocycles. The van der Waals surface area contributed by atoms with Crippen LogP contribution in [0.15, 0.2) is 12.3 Å². The molecule has 1 aromatic rings. The molecule has 6 heteroatoms. The van der Waals surface area contributed by atoms with Crippen LogP contribution >= 0.6 is 11.8 Å². The maximum Gasteiger partial charge on any atom is 0.337 e. The molecule has 0 fully saturated rings. The number of hydrogen-bond donors (Lipinski definition) is 2. The van der Waals surface area contributed by atoms with Gasteiger partial charge in [0.15, 0.2) is 5.82 Å². The van der Waals surface area contributed by atoms with E-state index in [0.29, 0.717) is 5.82 Å². The first-order valence-corrected chi connectivity index (χ1v) is 6.58. The lowest BCUT2D eigenvalue weighted by atomic mass is 10.2. The van der Waals surface area contributed by atoms with E-state index in [2.05, 4.69) is 4.98 Å². The van der Waals surface area contributed by atoms with Crippen molar-refractivity contribution in [2.75, 3.05) is 29.7 Å². The fourth-order valence-electron chi connectivity index (χ4n) is 1.49. The van der Waals surface area contributed by atoms with Crippen LogP contribution in [-0.4, -0.2) is 41.2 Å². The molecule has 1 aromatic heterocycles. The summed E-state index contributed by atoms with van der Waals surface area (Å²) in [5.74, 6) is 0.415. The first-order chi connectivity index (χ1) is 7.99. The number of aromatic nitrogens is 1. The van der Waals surface area contributed by atoms with Gasteiger partial charge >= 0.3 is 5.97 Å². The average molecular weight is 255 g/mol. The van der Waals surface area contributed by atoms with Gasteiger partial charge in [0.05, 0.1) is 11.3 Å². The van der Waals surface area contributed by atoms with E-state index >= 15 is 0 Å². The second-order valence-electron chi connectivity index (χ2n) is 3.82. The number of nitrogen functional groups attached to an aromatic ring is 1. The summed E-state index contributed by atoms with van der Waals surface area (Å²) in [6, 6.07) is 1.65. The summed E-state index contributed by atoms with van der Waals surface area (Å²) in [6.07, 6.45) is 3.49. The van der Waals surface area contributed by atoms with Gasteiger partial charge < -0.3 is 15.7 Å². The Hall–Kier alpha value is -1.43. The molecule has 5 nitrogen and oxygen atoms in total. The Labute approximate surface area is 105 Å². The number of carboxylic acids is 1. The van der Waals surface area contributed by atoms with Crippen LogP contribution in [0.2, 0.25) is 0 Å². The number of aromatic carboxylic acids is 1. The maximum absolute atomic E-state index is 11.0. The molecule has 94 valence electrons. The number of nitrogens with zero attached hydrogens (tertiary/aromatic N) is 2. The molecule has 17 heavy (non-hydrogen) atoms. The van der Waals surface area contributed by atoms with E-state index in [-0.39, 0.29) is 17.3 Å². The summed E-state index contributed by atoms with van der Waals surface area (Å²) < 4.78 is 0. The SMILES string of the molecule is CSCC(C)N(C)c1nccc(C(=O)O)c1N. The van der Waals surface area contributed by atoms with Crippen LogP contribution in [0.4, 0.5) is 11.5 Å². The number of carbonyl (C=O) groups is 1. The van der Waals surface area contributed by atoms with Crippen molar-refractivity contribution in [2.24, 2.45) is 0 Å². The summed E-state index contributed by atoms with van der Waals surface area (Å²) in [7, 11) is 1.87. The minimum atomic E-state index is -1.03. The van der Waals surface area contributed by atoms with E-state index in [1.807, 2.05) is 25.1 Å². The molecule has 0 aromatic carbocycles. The molecule has 0 amide bonds. The van der Waals surface area contributed by atoms with Crippen molar-refractivity contribution < 1.29 is 9.90 Å². The normalized spacial score (nSPS) is 12.2. The highest BCUT2D eigenvalue weighted by atomic mass is 32.2. The molecule has 1 unspecified atom stereocenters. The van der Waals surface area contributed by atoms with Crippen LogP contribution in [0.25, 0.3) is 0 Å². The minimum absolute atomic E-state index is 0.0956. The number of anilines is 2. The number of pyridine rings is 1. The topological polar surface area (TPSA) is 79.5 Å². The van der Waals surface area contributed by atoms with Gasteiger partial charge in [-0.1, -0.05) is 0 Å². The molecule has 0 spiro atoms. The summed E-state index contributed by atoms with van der Waals surface area (Å²) in [4.78, 5) is 17.0. The predicted molar refractivity (Wildman–Crippen MR) is 71.9 cm³/mol. The highest BCUT2D eigenvalue weighted by Crippen LogP contribution is 2.25. The van der Waals surface area contributed by atoms with E-state index < -0.39 is 5.97 Å². The van der Waals surface area contributed by atoms with Crippen molar-refractivity contribution in [3.05, 3.63) is 17.8 Å². The number of nitrogens with two attached hydrogens (primary N) is 1. The molecule has 0 bridgehead atoms. The summed E-state index contributed by atoms with van der Waals surface area (Å²) in [5, 5.41) is 8.98. The fraction of sp³-hybridized carbons (Fsp3) is 0.455. The molecular formula is C11H17N3O2S. The molecule has 0 saturated carbocycles. The maximum atomic E-state index is 11.0. The first kappa shape index (κ1) is 13.6. The second-order valence-corrected chi connectivity index (χ2v) is 4.73. The molecule has 0 aliphatic heterocycles. The lowest BCUT2D eigenvalue weighted by Crippen LogP contribution is -2.32. The molecule has 1 rings (SSSR count). The van der Waals surface area contributed by atoms with E-state index in [4.69, 9.17) is 10.8 Å². The van der Waals surface area contributed by atoms with Crippen LogP contribution < -0.4 is 10.6 Å². The monoisotopic (exact) mass is 255 g/mol. The molecule has 0 aliphatic carbocycles. The molecule has 0 radical (unpaired) electrons. The summed E-state index contributed by atoms with van der Waals surface area (Å²) in [5.41, 5.74) is 6.14. The largest absolute Gasteiger partial charge is 0.478 e. The summed E-state index contributed by atoms with van der Waals surface area (Å²) >= 11 is 1.72. The van der Waals surface area contributed by atoms with Gasteiger partial charge in [-0.3, -0.25) is 0 Å². The minimum Gasteiger partial charge on any atom is -0.478 e. The highest BCUT2D eigenvalue weighted by molar-refractivity contribution is 7.98. The number of thioether (sulfide) groups is 1. The quantitative estimate of drug-likeness (QED) is 0.831. The Kier molecular flexibility index (Phi) is 4.62. The highest BCUT2D eigenvalue weighted by Gasteiger charge is 2.18. The fourth-order valence-corrected chi connectivity index (χ4v) is 2.20. The Morgan fingerprint density at radius 1 is 1.71 bits per heavy atom. The van der Waals surface area contributed by atoms with E-state index in [1.54, 1.807) is 11.8 Å². The zero-order chi connectivity index (χ0) is 13.0. The second kappa shape index (κ2) is 5.77. The number of hydrogen-bond acceptors (Lipinski definition) is 5. The van der Waals surface area contributed by atoms with E-state index in [1.165, 1.54) is 12.3 Å². The van der Waals surface area contributed by atoms with Crippen molar-refractivity contribution in [3.63, 3.8) is 0 Å². The lowest BCUT2D eigenvalue weighted by Gasteiger charge is -2.26. The van der Waals surface area contributed by atoms with E-state index in [0.717, 1.165) is 5.75 Å². The van der Waals surface area contributed by atoms with Gasteiger partial charge in [0.1, 0.15) is 0 Å². The molecule has 0 aliphatic rings. The average Bonchev–Trinajstić information content (AvgIpc) is 2.28. The van der Waals surface area contributed by atoms with Crippen molar-refractivity contribution >= 4 is 29.2 Å². The van der Waals surface area contributed by atoms with E-state index in [9.17, 15) is 4.79 Å². The third kappa shape index (κ3) is 3.03. The zero-order valence-electron chi connectivity index (χ0n) is 10.2. The van der Waals surface area contributed by atoms with Gasteiger partial charge in [-0.05, 0) is 19.2 Å². The van der Waals surface area contributed by atoms with Gasteiger partial charge in [-0.2, -0.15) is 11.8 Å². The van der Waals surface area contributed by atoms with Gasteiger partial charge in [-0.25, -0.2) is 9.78 Å². The smallest absolute Gasteiger partial charge is 0.337 e. The number of rotatable bonds is 5. The Morgan fingerprint density at radius 2 is 2.35 bits per heavy atom. The summed E-state index contributed by atoms with van der Waals surface area (Å²) in [6.45, 7) is 2.05. The standard InChI is InChI=1S/C11H17N3O2S/c1-7(6-17-3)14(2)10-9(12)8(11(15)16)4-5-13-10/h4-5,7H,6,12H2,1-3H3,(H,15,16). The molecule has 1 atom stereocenters. The third-order valence-electron chi connectivity index (χ3n) is 2.60. The Morgan fingerprint density at radius 3 is 2.88 bits per heavy atom. The van der Waals surface area contributed by atoms with Crippen molar-refractivity contribution in [1.29, 1.82) is 0 Å². The molecular weight excluding hydrogens is 238 g/mol. The van der Waals surface area contributed by atoms with Crippen LogP contribution in [0.3, 0.4) is 0 Å². The van der Waals surface area contributed by atoms with Crippen LogP contribution in [0.1, 0.15) is 17.3 Å². The van der Waals surface area contributed by atoms with Crippen molar-refractivity contribution in [3.8, 4) is 0 Å². The van der Waals surface area contributed by atoms with Gasteiger partial charge in [0, 0.05) is 25.0 Å². The molecule has 3 N–H and O–H groups in total. The predicted octanol–water partition coefficient (Wildman–Crippen LogP) is 1.55. The van der Waals surface area contributed by atoms with Crippen molar-refractivity contribution in [1.82, 2.24) is 4.98 Å². The lowest BCUT2D eigenvalue weighted by molar-refractivity contribution is 0.0698. The van der Waals surface area contributed by atoms with Crippen LogP contribution in [0, 0.1) is 0 Å². The van der Waals surface area contributed by atoms with Crippen LogP contribution in [0.5, 0.6) is 0 Å². The van der Waals surface area contributed by atoms with Crippen LogP contribution in [-0.2, 0) is 0 Å². The van der Waals surface area contributed by atoms with Gasteiger partial charge in [-0.15, -0.1) is 0 Å². The Bertz CT molecular complexity index is 412. The van der Waals surface area contributed by atoms with Gasteiger partial charge in [0.2, 0.25) is 0 Å².